The third-order valence-electron chi connectivity index (χ3n) is 3.52. The van der Waals surface area contributed by atoms with Crippen LogP contribution in [0.2, 0.25) is 0 Å². The molecule has 0 spiro atoms. The van der Waals surface area contributed by atoms with E-state index in [1.54, 1.807) is 0 Å². The van der Waals surface area contributed by atoms with Crippen LogP contribution >= 0.6 is 0 Å². The van der Waals surface area contributed by atoms with Crippen molar-refractivity contribution in [3.63, 3.8) is 0 Å². The smallest absolute Gasteiger partial charge is 0.0123 e. The lowest BCUT2D eigenvalue weighted by atomic mass is 9.65. The van der Waals surface area contributed by atoms with Crippen molar-refractivity contribution in [3.05, 3.63) is 12.7 Å². The fourth-order valence-electron chi connectivity index (χ4n) is 2.10. The third-order valence-corrected chi connectivity index (χ3v) is 3.52. The molecular formula is C11H20. The molecule has 0 aromatic carbocycles. The van der Waals surface area contributed by atoms with Gasteiger partial charge in [-0.2, -0.15) is 0 Å². The lowest BCUT2D eigenvalue weighted by molar-refractivity contribution is 0.149. The van der Waals surface area contributed by atoms with E-state index in [-0.39, 0.29) is 0 Å². The highest BCUT2D eigenvalue weighted by molar-refractivity contribution is 4.97. The molecule has 0 aromatic rings. The molecule has 1 saturated carbocycles. The summed E-state index contributed by atoms with van der Waals surface area (Å²) in [7, 11) is 0. The van der Waals surface area contributed by atoms with Gasteiger partial charge < -0.3 is 0 Å². The average molecular weight is 152 g/mol. The van der Waals surface area contributed by atoms with Crippen LogP contribution in [0.15, 0.2) is 12.7 Å². The highest BCUT2D eigenvalue weighted by atomic mass is 14.4. The molecule has 11 heavy (non-hydrogen) atoms. The summed E-state index contributed by atoms with van der Waals surface area (Å²) in [5.74, 6) is 1.75. The van der Waals surface area contributed by atoms with Gasteiger partial charge in [-0.25, -0.2) is 0 Å². The largest absolute Gasteiger partial charge is 0.103 e. The van der Waals surface area contributed by atoms with Crippen LogP contribution in [0.4, 0.5) is 0 Å². The van der Waals surface area contributed by atoms with E-state index in [0.29, 0.717) is 5.41 Å². The van der Waals surface area contributed by atoms with E-state index in [2.05, 4.69) is 33.4 Å². The van der Waals surface area contributed by atoms with Crippen molar-refractivity contribution in [1.29, 1.82) is 0 Å². The summed E-state index contributed by atoms with van der Waals surface area (Å²) < 4.78 is 0. The Morgan fingerprint density at radius 2 is 2.09 bits per heavy atom. The first-order valence-corrected chi connectivity index (χ1v) is 4.72. The Labute approximate surface area is 70.7 Å². The first-order valence-electron chi connectivity index (χ1n) is 4.72. The highest BCUT2D eigenvalue weighted by Crippen LogP contribution is 2.43. The maximum absolute atomic E-state index is 3.93. The molecule has 0 bridgehead atoms. The molecule has 1 rings (SSSR count). The van der Waals surface area contributed by atoms with Crippen LogP contribution in [0.25, 0.3) is 0 Å². The molecule has 0 saturated heterocycles. The maximum atomic E-state index is 3.93. The van der Waals surface area contributed by atoms with Crippen molar-refractivity contribution in [3.8, 4) is 0 Å². The fraction of sp³-hybridized carbons (Fsp3) is 0.818. The Hall–Kier alpha value is -0.260. The zero-order valence-electron chi connectivity index (χ0n) is 8.06. The van der Waals surface area contributed by atoms with E-state index in [1.165, 1.54) is 19.3 Å². The van der Waals surface area contributed by atoms with Crippen molar-refractivity contribution in [1.82, 2.24) is 0 Å². The molecule has 0 aliphatic heterocycles. The molecule has 0 heteroatoms. The summed E-state index contributed by atoms with van der Waals surface area (Å²) in [6.07, 6.45) is 6.25. The van der Waals surface area contributed by atoms with Gasteiger partial charge in [0, 0.05) is 0 Å². The summed E-state index contributed by atoms with van der Waals surface area (Å²) >= 11 is 0. The molecule has 64 valence electrons. The SMILES string of the molecule is C=C[C@@]1(C)CCC(C)CC1C. The van der Waals surface area contributed by atoms with E-state index in [9.17, 15) is 0 Å². The van der Waals surface area contributed by atoms with Gasteiger partial charge >= 0.3 is 0 Å². The van der Waals surface area contributed by atoms with E-state index in [4.69, 9.17) is 0 Å². The normalized spacial score (nSPS) is 45.4. The predicted molar refractivity (Wildman–Crippen MR) is 50.5 cm³/mol. The molecule has 3 atom stereocenters. The van der Waals surface area contributed by atoms with E-state index >= 15 is 0 Å². The summed E-state index contributed by atoms with van der Waals surface area (Å²) in [6.45, 7) is 11.0. The molecule has 0 aromatic heterocycles. The van der Waals surface area contributed by atoms with Crippen LogP contribution in [0.5, 0.6) is 0 Å². The Balaban J connectivity index is 2.63. The van der Waals surface area contributed by atoms with Crippen LogP contribution < -0.4 is 0 Å². The molecular weight excluding hydrogens is 132 g/mol. The molecule has 1 aliphatic carbocycles. The summed E-state index contributed by atoms with van der Waals surface area (Å²) in [5, 5.41) is 0. The lowest BCUT2D eigenvalue weighted by Crippen LogP contribution is -2.29. The molecule has 0 N–H and O–H groups in total. The summed E-state index contributed by atoms with van der Waals surface area (Å²) in [5.41, 5.74) is 0.423. The lowest BCUT2D eigenvalue weighted by Gasteiger charge is -2.39. The minimum absolute atomic E-state index is 0.423. The second-order valence-corrected chi connectivity index (χ2v) is 4.49. The van der Waals surface area contributed by atoms with E-state index in [1.807, 2.05) is 0 Å². The minimum Gasteiger partial charge on any atom is -0.103 e. The van der Waals surface area contributed by atoms with Gasteiger partial charge in [0.05, 0.1) is 0 Å². The van der Waals surface area contributed by atoms with Gasteiger partial charge in [0.1, 0.15) is 0 Å². The van der Waals surface area contributed by atoms with Gasteiger partial charge in [0.25, 0.3) is 0 Å². The Bertz CT molecular complexity index is 148. The maximum Gasteiger partial charge on any atom is -0.0123 e. The van der Waals surface area contributed by atoms with Gasteiger partial charge in [0.15, 0.2) is 0 Å². The van der Waals surface area contributed by atoms with E-state index < -0.39 is 0 Å². The van der Waals surface area contributed by atoms with E-state index in [0.717, 1.165) is 11.8 Å². The zero-order chi connectivity index (χ0) is 8.48. The highest BCUT2D eigenvalue weighted by Gasteiger charge is 2.32. The molecule has 0 amide bonds. The van der Waals surface area contributed by atoms with Crippen molar-refractivity contribution in [2.45, 2.75) is 40.0 Å². The summed E-state index contributed by atoms with van der Waals surface area (Å²) in [6, 6.07) is 0. The average Bonchev–Trinajstić information content (AvgIpc) is 1.98. The Kier molecular flexibility index (Phi) is 2.41. The van der Waals surface area contributed by atoms with Crippen molar-refractivity contribution >= 4 is 0 Å². The van der Waals surface area contributed by atoms with Crippen LogP contribution in [0, 0.1) is 17.3 Å². The monoisotopic (exact) mass is 152 g/mol. The molecule has 1 aliphatic rings. The first-order chi connectivity index (χ1) is 5.08. The van der Waals surface area contributed by atoms with Crippen LogP contribution in [-0.4, -0.2) is 0 Å². The zero-order valence-corrected chi connectivity index (χ0v) is 8.06. The Morgan fingerprint density at radius 3 is 2.55 bits per heavy atom. The number of hydrogen-bond acceptors (Lipinski definition) is 0. The van der Waals surface area contributed by atoms with Crippen LogP contribution in [0.3, 0.4) is 0 Å². The molecule has 1 fully saturated rings. The van der Waals surface area contributed by atoms with Crippen molar-refractivity contribution in [2.24, 2.45) is 17.3 Å². The predicted octanol–water partition coefficient (Wildman–Crippen LogP) is 3.63. The first kappa shape index (κ1) is 8.83. The topological polar surface area (TPSA) is 0 Å². The molecule has 0 nitrogen and oxygen atoms in total. The van der Waals surface area contributed by atoms with Crippen LogP contribution in [-0.2, 0) is 0 Å². The molecule has 0 radical (unpaired) electrons. The summed E-state index contributed by atoms with van der Waals surface area (Å²) in [4.78, 5) is 0. The van der Waals surface area contributed by atoms with Gasteiger partial charge in [-0.15, -0.1) is 6.58 Å². The number of allylic oxidation sites excluding steroid dienone is 1. The van der Waals surface area contributed by atoms with Gasteiger partial charge in [0.2, 0.25) is 0 Å². The van der Waals surface area contributed by atoms with Gasteiger partial charge in [-0.3, -0.25) is 0 Å². The standard InChI is InChI=1S/C11H20/c1-5-11(4)7-6-9(2)8-10(11)3/h5,9-10H,1,6-8H2,2-4H3/t9?,10?,11-/m0/s1. The second-order valence-electron chi connectivity index (χ2n) is 4.49. The van der Waals surface area contributed by atoms with Crippen molar-refractivity contribution in [2.75, 3.05) is 0 Å². The molecule has 0 heterocycles. The minimum atomic E-state index is 0.423. The molecule has 2 unspecified atom stereocenters. The van der Waals surface area contributed by atoms with Crippen LogP contribution in [0.1, 0.15) is 40.0 Å². The van der Waals surface area contributed by atoms with Crippen molar-refractivity contribution < 1.29 is 0 Å². The Morgan fingerprint density at radius 1 is 1.45 bits per heavy atom. The van der Waals surface area contributed by atoms with Gasteiger partial charge in [-0.1, -0.05) is 26.8 Å². The third kappa shape index (κ3) is 1.66. The second kappa shape index (κ2) is 3.00. The quantitative estimate of drug-likeness (QED) is 0.503. The van der Waals surface area contributed by atoms with Gasteiger partial charge in [-0.05, 0) is 36.5 Å². The number of rotatable bonds is 1. The fourth-order valence-corrected chi connectivity index (χ4v) is 2.10. The number of hydrogen-bond donors (Lipinski definition) is 0.